The molecule has 1 saturated heterocycles. The van der Waals surface area contributed by atoms with Crippen LogP contribution in [0.5, 0.6) is 0 Å². The molecule has 0 aliphatic carbocycles. The molecule has 2 aromatic rings. The van der Waals surface area contributed by atoms with Crippen molar-refractivity contribution < 1.29 is 24.2 Å². The van der Waals surface area contributed by atoms with Crippen molar-refractivity contribution in [3.63, 3.8) is 0 Å². The average Bonchev–Trinajstić information content (AvgIpc) is 3.37. The lowest BCUT2D eigenvalue weighted by molar-refractivity contribution is -0.158. The third-order valence-corrected chi connectivity index (χ3v) is 5.92. The molecule has 3 N–H and O–H groups in total. The first-order valence-electron chi connectivity index (χ1n) is 12.0. The highest BCUT2D eigenvalue weighted by molar-refractivity contribution is 6.01. The van der Waals surface area contributed by atoms with E-state index in [0.29, 0.717) is 13.0 Å². The van der Waals surface area contributed by atoms with E-state index in [1.54, 1.807) is 20.8 Å². The Bertz CT molecular complexity index is 985. The molecule has 0 spiro atoms. The minimum atomic E-state index is -1.65. The summed E-state index contributed by atoms with van der Waals surface area (Å²) in [6.07, 6.45) is -0.748. The predicted octanol–water partition coefficient (Wildman–Crippen LogP) is 2.79. The van der Waals surface area contributed by atoms with Gasteiger partial charge in [0.1, 0.15) is 6.61 Å². The number of hydrogen-bond acceptors (Lipinski definition) is 6. The monoisotopic (exact) mass is 481 g/mol. The number of carbonyl (C=O) groups is 3. The molecule has 0 saturated carbocycles. The number of amides is 3. The first kappa shape index (κ1) is 26.4. The second-order valence-electron chi connectivity index (χ2n) is 9.78. The first-order valence-corrected chi connectivity index (χ1v) is 12.0. The van der Waals surface area contributed by atoms with Gasteiger partial charge in [0.05, 0.1) is 12.1 Å². The highest BCUT2D eigenvalue weighted by atomic mass is 16.5. The fraction of sp³-hybridized carbons (Fsp3) is 0.444. The van der Waals surface area contributed by atoms with Gasteiger partial charge in [0.2, 0.25) is 5.91 Å². The molecule has 8 heteroatoms. The van der Waals surface area contributed by atoms with Gasteiger partial charge >= 0.3 is 6.09 Å². The molecule has 188 valence electrons. The van der Waals surface area contributed by atoms with Crippen LogP contribution in [0.25, 0.3) is 0 Å². The third kappa shape index (κ3) is 7.37. The summed E-state index contributed by atoms with van der Waals surface area (Å²) in [5, 5.41) is 16.9. The Hall–Kier alpha value is -3.23. The second-order valence-corrected chi connectivity index (χ2v) is 9.78. The minimum Gasteiger partial charge on any atom is -0.445 e. The van der Waals surface area contributed by atoms with Crippen molar-refractivity contribution in [1.29, 1.82) is 0 Å². The molecular weight excluding hydrogens is 446 g/mol. The summed E-state index contributed by atoms with van der Waals surface area (Å²) in [5.41, 5.74) is 0.774. The first-order chi connectivity index (χ1) is 16.7. The largest absolute Gasteiger partial charge is 0.445 e. The molecular formula is C27H35N3O5. The lowest BCUT2D eigenvalue weighted by atomic mass is 9.97. The maximum Gasteiger partial charge on any atom is 0.407 e. The Labute approximate surface area is 206 Å². The lowest BCUT2D eigenvalue weighted by Gasteiger charge is -2.38. The van der Waals surface area contributed by atoms with Crippen molar-refractivity contribution in [3.05, 3.63) is 71.8 Å². The molecule has 35 heavy (non-hydrogen) atoms. The number of nitrogens with zero attached hydrogens (tertiary/aromatic N) is 1. The van der Waals surface area contributed by atoms with E-state index >= 15 is 0 Å². The average molecular weight is 482 g/mol. The van der Waals surface area contributed by atoms with Crippen molar-refractivity contribution >= 4 is 17.9 Å². The summed E-state index contributed by atoms with van der Waals surface area (Å²) in [7, 11) is 0. The Morgan fingerprint density at radius 1 is 1.06 bits per heavy atom. The van der Waals surface area contributed by atoms with Gasteiger partial charge in [-0.25, -0.2) is 4.79 Å². The molecule has 8 nitrogen and oxygen atoms in total. The number of imide groups is 1. The highest BCUT2D eigenvalue weighted by Gasteiger charge is 2.42. The Morgan fingerprint density at radius 3 is 2.20 bits per heavy atom. The number of ether oxygens (including phenoxy) is 1. The number of carbonyl (C=O) groups excluding carboxylic acids is 3. The molecule has 3 atom stereocenters. The van der Waals surface area contributed by atoms with Gasteiger partial charge in [0, 0.05) is 5.54 Å². The van der Waals surface area contributed by atoms with E-state index in [4.69, 9.17) is 4.74 Å². The van der Waals surface area contributed by atoms with Gasteiger partial charge < -0.3 is 20.5 Å². The smallest absolute Gasteiger partial charge is 0.407 e. The number of nitrogens with one attached hydrogen (secondary N) is 2. The van der Waals surface area contributed by atoms with Crippen molar-refractivity contribution in [3.8, 4) is 0 Å². The predicted molar refractivity (Wildman–Crippen MR) is 132 cm³/mol. The van der Waals surface area contributed by atoms with Gasteiger partial charge in [-0.15, -0.1) is 0 Å². The SMILES string of the molecule is CC(C)(C)N(C(=O)[C@@H]1CCCN1)C(=O)[C@@H](O)[C@H](Cc1ccccc1)NC(=O)OCc1ccccc1. The Kier molecular flexibility index (Phi) is 9.01. The minimum absolute atomic E-state index is 0.0503. The third-order valence-electron chi connectivity index (χ3n) is 5.92. The highest BCUT2D eigenvalue weighted by Crippen LogP contribution is 2.21. The molecule has 3 amide bonds. The van der Waals surface area contributed by atoms with Crippen molar-refractivity contribution in [2.45, 2.75) is 70.4 Å². The summed E-state index contributed by atoms with van der Waals surface area (Å²) in [5.74, 6) is -1.12. The van der Waals surface area contributed by atoms with Crippen molar-refractivity contribution in [1.82, 2.24) is 15.5 Å². The number of alkyl carbamates (subject to hydrolysis) is 1. The summed E-state index contributed by atoms with van der Waals surface area (Å²) in [4.78, 5) is 40.5. The van der Waals surface area contributed by atoms with Crippen molar-refractivity contribution in [2.75, 3.05) is 6.54 Å². The molecule has 2 aromatic carbocycles. The van der Waals surface area contributed by atoms with E-state index in [9.17, 15) is 19.5 Å². The van der Waals surface area contributed by atoms with Crippen LogP contribution in [0.3, 0.4) is 0 Å². The Morgan fingerprint density at radius 2 is 1.66 bits per heavy atom. The second kappa shape index (κ2) is 12.0. The van der Waals surface area contributed by atoms with Gasteiger partial charge in [-0.3, -0.25) is 14.5 Å². The van der Waals surface area contributed by atoms with Gasteiger partial charge in [-0.1, -0.05) is 60.7 Å². The summed E-state index contributed by atoms with van der Waals surface area (Å²) < 4.78 is 5.32. The summed E-state index contributed by atoms with van der Waals surface area (Å²) in [6.45, 7) is 6.00. The van der Waals surface area contributed by atoms with Crippen LogP contribution >= 0.6 is 0 Å². The fourth-order valence-electron chi connectivity index (χ4n) is 4.15. The molecule has 0 radical (unpaired) electrons. The number of aliphatic hydroxyl groups is 1. The number of rotatable bonds is 8. The molecule has 1 aliphatic rings. The maximum absolute atomic E-state index is 13.5. The summed E-state index contributed by atoms with van der Waals surface area (Å²) in [6, 6.07) is 17.0. The maximum atomic E-state index is 13.5. The topological polar surface area (TPSA) is 108 Å². The van der Waals surface area contributed by atoms with Crippen LogP contribution in [0, 0.1) is 0 Å². The number of hydrogen-bond donors (Lipinski definition) is 3. The molecule has 0 bridgehead atoms. The van der Waals surface area contributed by atoms with Crippen LogP contribution in [0.4, 0.5) is 4.79 Å². The molecule has 0 unspecified atom stereocenters. The van der Waals surface area contributed by atoms with Gasteiger partial charge in [-0.05, 0) is 57.7 Å². The molecule has 0 aromatic heterocycles. The van der Waals surface area contributed by atoms with E-state index in [1.165, 1.54) is 0 Å². The quantitative estimate of drug-likeness (QED) is 0.535. The van der Waals surface area contributed by atoms with Crippen LogP contribution in [0.1, 0.15) is 44.7 Å². The standard InChI is InChI=1S/C27H35N3O5/c1-27(2,3)30(24(32)21-15-10-16-28-21)25(33)23(31)22(17-19-11-6-4-7-12-19)29-26(34)35-18-20-13-8-5-9-14-20/h4-9,11-14,21-23,28,31H,10,15-18H2,1-3H3,(H,29,34)/t21-,22-,23-/m0/s1. The van der Waals surface area contributed by atoms with Crippen LogP contribution in [-0.4, -0.2) is 58.2 Å². The lowest BCUT2D eigenvalue weighted by Crippen LogP contribution is -2.61. The molecule has 1 heterocycles. The molecule has 3 rings (SSSR count). The van der Waals surface area contributed by atoms with E-state index in [0.717, 1.165) is 22.4 Å². The van der Waals surface area contributed by atoms with E-state index < -0.39 is 35.7 Å². The number of aliphatic hydroxyl groups excluding tert-OH is 1. The zero-order valence-electron chi connectivity index (χ0n) is 20.6. The Balaban J connectivity index is 1.78. The van der Waals surface area contributed by atoms with Crippen molar-refractivity contribution in [2.24, 2.45) is 0 Å². The zero-order chi connectivity index (χ0) is 25.4. The van der Waals surface area contributed by atoms with Crippen LogP contribution in [-0.2, 0) is 27.4 Å². The van der Waals surface area contributed by atoms with E-state index in [1.807, 2.05) is 60.7 Å². The zero-order valence-corrected chi connectivity index (χ0v) is 20.6. The van der Waals surface area contributed by atoms with Gasteiger partial charge in [0.15, 0.2) is 6.10 Å². The molecule has 1 aliphatic heterocycles. The van der Waals surface area contributed by atoms with E-state index in [2.05, 4.69) is 10.6 Å². The van der Waals surface area contributed by atoms with Crippen LogP contribution in [0.15, 0.2) is 60.7 Å². The number of benzene rings is 2. The van der Waals surface area contributed by atoms with Gasteiger partial charge in [0.25, 0.3) is 5.91 Å². The van der Waals surface area contributed by atoms with E-state index in [-0.39, 0.29) is 18.9 Å². The van der Waals surface area contributed by atoms with Gasteiger partial charge in [-0.2, -0.15) is 0 Å². The normalized spacial score (nSPS) is 17.3. The summed E-state index contributed by atoms with van der Waals surface area (Å²) >= 11 is 0. The fourth-order valence-corrected chi connectivity index (χ4v) is 4.15. The molecule has 1 fully saturated rings. The van der Waals surface area contributed by atoms with Crippen LogP contribution in [0.2, 0.25) is 0 Å². The van der Waals surface area contributed by atoms with Crippen LogP contribution < -0.4 is 10.6 Å².